The van der Waals surface area contributed by atoms with Crippen molar-refractivity contribution in [3.63, 3.8) is 0 Å². The number of hydrogen-bond acceptors (Lipinski definition) is 10. The lowest BCUT2D eigenvalue weighted by atomic mass is 10.1. The number of aryl methyl sites for hydroxylation is 1. The molecular formula is C30H34N6O7. The highest BCUT2D eigenvalue weighted by Gasteiger charge is 2.46. The van der Waals surface area contributed by atoms with Crippen molar-refractivity contribution in [3.05, 3.63) is 58.9 Å². The molecule has 0 saturated heterocycles. The molecule has 0 atom stereocenters. The molecule has 1 aliphatic rings. The van der Waals surface area contributed by atoms with Gasteiger partial charge in [0.15, 0.2) is 0 Å². The van der Waals surface area contributed by atoms with Crippen LogP contribution in [-0.4, -0.2) is 57.5 Å². The topological polar surface area (TPSA) is 152 Å². The highest BCUT2D eigenvalue weighted by molar-refractivity contribution is 5.96. The molecule has 1 saturated carbocycles. The van der Waals surface area contributed by atoms with Crippen LogP contribution in [0.5, 0.6) is 17.2 Å². The predicted octanol–water partition coefficient (Wildman–Crippen LogP) is 5.74. The number of amides is 1. The van der Waals surface area contributed by atoms with Gasteiger partial charge in [-0.25, -0.2) is 14.8 Å². The average molecular weight is 591 g/mol. The Morgan fingerprint density at radius 2 is 1.88 bits per heavy atom. The number of alkyl carbamates (subject to hydrolysis) is 1. The lowest BCUT2D eigenvalue weighted by Crippen LogP contribution is -2.44. The van der Waals surface area contributed by atoms with Crippen LogP contribution in [0.4, 0.5) is 22.1 Å². The number of carbonyl (C=O) groups is 1. The number of hydrogen-bond donors (Lipinski definition) is 2. The van der Waals surface area contributed by atoms with Gasteiger partial charge in [0.05, 0.1) is 41.6 Å². The molecule has 1 amide bonds. The minimum Gasteiger partial charge on any atom is -0.497 e. The Morgan fingerprint density at radius 1 is 1.12 bits per heavy atom. The van der Waals surface area contributed by atoms with Gasteiger partial charge < -0.3 is 34.1 Å². The molecule has 2 heterocycles. The maximum atomic E-state index is 12.3. The maximum absolute atomic E-state index is 12.3. The minimum absolute atomic E-state index is 0.00511. The molecular weight excluding hydrogens is 556 g/mol. The molecule has 4 aromatic rings. The number of nitro groups is 1. The SMILES string of the molecule is COc1ccc2c(-c3ccnc(Nc4cc([N+](=O)[O-])c(OCC5(NC(=O)OC(C)(C)C)CC5)cc4OC)n3)cn(C)c2c1. The van der Waals surface area contributed by atoms with Gasteiger partial charge in [-0.05, 0) is 51.8 Å². The molecule has 0 radical (unpaired) electrons. The molecule has 0 spiro atoms. The van der Waals surface area contributed by atoms with Crippen molar-refractivity contribution in [3.8, 4) is 28.5 Å². The number of benzene rings is 2. The summed E-state index contributed by atoms with van der Waals surface area (Å²) in [5.41, 5.74) is 1.23. The number of methoxy groups -OCH3 is 2. The average Bonchev–Trinajstić information content (AvgIpc) is 3.64. The molecule has 1 fully saturated rings. The van der Waals surface area contributed by atoms with E-state index in [1.165, 1.54) is 19.2 Å². The van der Waals surface area contributed by atoms with E-state index in [2.05, 4.69) is 20.6 Å². The van der Waals surface area contributed by atoms with Crippen LogP contribution in [-0.2, 0) is 11.8 Å². The van der Waals surface area contributed by atoms with E-state index in [4.69, 9.17) is 18.9 Å². The zero-order chi connectivity index (χ0) is 30.9. The van der Waals surface area contributed by atoms with Gasteiger partial charge in [0.25, 0.3) is 0 Å². The number of aromatic nitrogens is 3. The lowest BCUT2D eigenvalue weighted by molar-refractivity contribution is -0.385. The van der Waals surface area contributed by atoms with Crippen molar-refractivity contribution in [1.29, 1.82) is 0 Å². The first-order valence-electron chi connectivity index (χ1n) is 13.6. The number of nitro benzene ring substituents is 1. The van der Waals surface area contributed by atoms with E-state index >= 15 is 0 Å². The highest BCUT2D eigenvalue weighted by atomic mass is 16.6. The first-order valence-corrected chi connectivity index (χ1v) is 13.6. The Balaban J connectivity index is 1.38. The Kier molecular flexibility index (Phi) is 7.74. The van der Waals surface area contributed by atoms with Crippen molar-refractivity contribution in [2.45, 2.75) is 44.8 Å². The molecule has 5 rings (SSSR count). The van der Waals surface area contributed by atoms with E-state index in [1.807, 2.05) is 36.0 Å². The summed E-state index contributed by atoms with van der Waals surface area (Å²) in [5, 5.41) is 18.9. The van der Waals surface area contributed by atoms with E-state index in [0.29, 0.717) is 18.5 Å². The van der Waals surface area contributed by atoms with Gasteiger partial charge in [0.2, 0.25) is 11.7 Å². The Labute approximate surface area is 248 Å². The predicted molar refractivity (Wildman–Crippen MR) is 160 cm³/mol. The number of fused-ring (bicyclic) bond motifs is 1. The molecule has 2 aromatic heterocycles. The van der Waals surface area contributed by atoms with Crippen molar-refractivity contribution in [1.82, 2.24) is 19.9 Å². The number of anilines is 2. The van der Waals surface area contributed by atoms with Crippen molar-refractivity contribution < 1.29 is 28.7 Å². The van der Waals surface area contributed by atoms with Gasteiger partial charge in [-0.2, -0.15) is 0 Å². The van der Waals surface area contributed by atoms with Gasteiger partial charge in [-0.1, -0.05) is 0 Å². The van der Waals surface area contributed by atoms with E-state index < -0.39 is 22.2 Å². The van der Waals surface area contributed by atoms with Crippen LogP contribution in [0.15, 0.2) is 48.8 Å². The first-order chi connectivity index (χ1) is 20.4. The number of rotatable bonds is 10. The second kappa shape index (κ2) is 11.3. The van der Waals surface area contributed by atoms with Gasteiger partial charge >= 0.3 is 11.8 Å². The van der Waals surface area contributed by atoms with Crippen LogP contribution in [0.1, 0.15) is 33.6 Å². The second-order valence-corrected chi connectivity index (χ2v) is 11.4. The second-order valence-electron chi connectivity index (χ2n) is 11.4. The number of ether oxygens (including phenoxy) is 4. The number of nitrogens with one attached hydrogen (secondary N) is 2. The molecule has 13 nitrogen and oxygen atoms in total. The summed E-state index contributed by atoms with van der Waals surface area (Å²) in [5.74, 6) is 1.27. The number of nitrogens with zero attached hydrogens (tertiary/aromatic N) is 4. The van der Waals surface area contributed by atoms with Crippen LogP contribution >= 0.6 is 0 Å². The summed E-state index contributed by atoms with van der Waals surface area (Å²) in [4.78, 5) is 32.8. The third kappa shape index (κ3) is 6.55. The van der Waals surface area contributed by atoms with Gasteiger partial charge in [-0.15, -0.1) is 0 Å². The lowest BCUT2D eigenvalue weighted by Gasteiger charge is -2.23. The summed E-state index contributed by atoms with van der Waals surface area (Å²) in [6.07, 6.45) is 4.34. The molecule has 1 aliphatic carbocycles. The van der Waals surface area contributed by atoms with Crippen LogP contribution in [0.3, 0.4) is 0 Å². The molecule has 13 heteroatoms. The smallest absolute Gasteiger partial charge is 0.408 e. The van der Waals surface area contributed by atoms with Crippen molar-refractivity contribution >= 4 is 34.3 Å². The normalized spacial score (nSPS) is 13.7. The zero-order valence-electron chi connectivity index (χ0n) is 24.9. The van der Waals surface area contributed by atoms with Crippen LogP contribution in [0.2, 0.25) is 0 Å². The summed E-state index contributed by atoms with van der Waals surface area (Å²) in [6.45, 7) is 5.36. The van der Waals surface area contributed by atoms with E-state index in [9.17, 15) is 14.9 Å². The molecule has 226 valence electrons. The minimum atomic E-state index is -0.651. The molecule has 0 bridgehead atoms. The quantitative estimate of drug-likeness (QED) is 0.173. The van der Waals surface area contributed by atoms with Gasteiger partial charge in [0, 0.05) is 48.6 Å². The Bertz CT molecular complexity index is 1690. The Hall–Kier alpha value is -5.07. The monoisotopic (exact) mass is 590 g/mol. The highest BCUT2D eigenvalue weighted by Crippen LogP contribution is 2.42. The Morgan fingerprint density at radius 3 is 2.53 bits per heavy atom. The van der Waals surface area contributed by atoms with Crippen LogP contribution in [0, 0.1) is 10.1 Å². The van der Waals surface area contributed by atoms with E-state index in [0.717, 1.165) is 22.2 Å². The zero-order valence-corrected chi connectivity index (χ0v) is 24.9. The molecule has 0 aliphatic heterocycles. The standard InChI is InChI=1S/C30H34N6O7/c1-29(2,3)43-28(37)34-30(10-11-30)17-42-26-15-25(41-6)22(14-24(26)36(38)39)33-27-31-12-9-21(32-27)20-16-35(4)23-13-18(40-5)7-8-19(20)23/h7-9,12-16H,10-11,17H2,1-6H3,(H,34,37)(H,31,32,33). The molecule has 2 N–H and O–H groups in total. The molecule has 43 heavy (non-hydrogen) atoms. The van der Waals surface area contributed by atoms with E-state index in [1.54, 1.807) is 40.1 Å². The summed E-state index contributed by atoms with van der Waals surface area (Å²) in [6, 6.07) is 10.4. The fourth-order valence-corrected chi connectivity index (χ4v) is 4.65. The van der Waals surface area contributed by atoms with Gasteiger partial charge in [-0.3, -0.25) is 10.1 Å². The van der Waals surface area contributed by atoms with Crippen LogP contribution < -0.4 is 24.8 Å². The molecule has 2 aromatic carbocycles. The number of carbonyl (C=O) groups excluding carboxylic acids is 1. The summed E-state index contributed by atoms with van der Waals surface area (Å²) < 4.78 is 24.1. The van der Waals surface area contributed by atoms with Crippen molar-refractivity contribution in [2.75, 3.05) is 26.1 Å². The van der Waals surface area contributed by atoms with Crippen LogP contribution in [0.25, 0.3) is 22.2 Å². The summed E-state index contributed by atoms with van der Waals surface area (Å²) >= 11 is 0. The summed E-state index contributed by atoms with van der Waals surface area (Å²) in [7, 11) is 5.01. The third-order valence-electron chi connectivity index (χ3n) is 6.98. The maximum Gasteiger partial charge on any atom is 0.408 e. The fraction of sp³-hybridized carbons (Fsp3) is 0.367. The first kappa shape index (κ1) is 29.4. The molecule has 0 unspecified atom stereocenters. The van der Waals surface area contributed by atoms with Crippen molar-refractivity contribution in [2.24, 2.45) is 7.05 Å². The fourth-order valence-electron chi connectivity index (χ4n) is 4.65. The van der Waals surface area contributed by atoms with Gasteiger partial charge in [0.1, 0.15) is 23.7 Å². The van der Waals surface area contributed by atoms with E-state index in [-0.39, 0.29) is 35.4 Å². The largest absolute Gasteiger partial charge is 0.497 e. The third-order valence-corrected chi connectivity index (χ3v) is 6.98.